The number of piperidine rings is 1. The van der Waals surface area contributed by atoms with Gasteiger partial charge in [-0.05, 0) is 44.7 Å². The molecule has 2 unspecified atom stereocenters. The van der Waals surface area contributed by atoms with Crippen molar-refractivity contribution in [3.05, 3.63) is 0 Å². The molecule has 0 aromatic rings. The molecule has 0 bridgehead atoms. The molecule has 0 aromatic heterocycles. The molecular formula is C11H19N3O2. The summed E-state index contributed by atoms with van der Waals surface area (Å²) >= 11 is 0. The minimum atomic E-state index is -0.563. The van der Waals surface area contributed by atoms with Gasteiger partial charge in [-0.25, -0.2) is 0 Å². The van der Waals surface area contributed by atoms with E-state index in [9.17, 15) is 9.59 Å². The van der Waals surface area contributed by atoms with Gasteiger partial charge in [0, 0.05) is 5.92 Å². The number of primary amides is 1. The van der Waals surface area contributed by atoms with E-state index in [4.69, 9.17) is 5.73 Å². The molecule has 1 heterocycles. The van der Waals surface area contributed by atoms with Gasteiger partial charge in [0.15, 0.2) is 0 Å². The molecule has 1 aliphatic carbocycles. The number of nitrogens with two attached hydrogens (primary N) is 1. The molecule has 0 radical (unpaired) electrons. The minimum Gasteiger partial charge on any atom is -0.368 e. The zero-order valence-electron chi connectivity index (χ0n) is 9.58. The van der Waals surface area contributed by atoms with Gasteiger partial charge < -0.3 is 16.4 Å². The lowest BCUT2D eigenvalue weighted by Crippen LogP contribution is -2.44. The van der Waals surface area contributed by atoms with E-state index in [1.807, 2.05) is 0 Å². The van der Waals surface area contributed by atoms with Gasteiger partial charge in [0.25, 0.3) is 0 Å². The van der Waals surface area contributed by atoms with Crippen LogP contribution in [0.2, 0.25) is 0 Å². The van der Waals surface area contributed by atoms with Crippen LogP contribution in [0.5, 0.6) is 0 Å². The molecule has 0 aromatic carbocycles. The molecule has 2 fully saturated rings. The average molecular weight is 225 g/mol. The van der Waals surface area contributed by atoms with Crippen molar-refractivity contribution in [3.8, 4) is 0 Å². The highest BCUT2D eigenvalue weighted by molar-refractivity contribution is 5.89. The van der Waals surface area contributed by atoms with Crippen molar-refractivity contribution in [1.29, 1.82) is 0 Å². The third kappa shape index (κ3) is 2.04. The molecule has 90 valence electrons. The highest BCUT2D eigenvalue weighted by Gasteiger charge is 2.57. The molecule has 2 amide bonds. The predicted octanol–water partition coefficient (Wildman–Crippen LogP) is -0.634. The van der Waals surface area contributed by atoms with Gasteiger partial charge >= 0.3 is 0 Å². The van der Waals surface area contributed by atoms with Crippen LogP contribution in [0, 0.1) is 11.3 Å². The fourth-order valence-electron chi connectivity index (χ4n) is 2.58. The van der Waals surface area contributed by atoms with E-state index in [-0.39, 0.29) is 17.2 Å². The standard InChI is InChI=1S/C11H19N3O2/c1-7(9(12)15)14-10(16)8-6-11(8)2-4-13-5-3-11/h7-8,13H,2-6H2,1H3,(H2,12,15)(H,14,16). The topological polar surface area (TPSA) is 84.2 Å². The number of carbonyl (C=O) groups is 2. The first-order chi connectivity index (χ1) is 7.55. The van der Waals surface area contributed by atoms with Crippen molar-refractivity contribution < 1.29 is 9.59 Å². The SMILES string of the molecule is CC(NC(=O)C1CC12CCNCC2)C(N)=O. The van der Waals surface area contributed by atoms with Crippen LogP contribution in [0.3, 0.4) is 0 Å². The Balaban J connectivity index is 1.86. The Hall–Kier alpha value is -1.10. The number of rotatable bonds is 3. The molecule has 2 rings (SSSR count). The molecule has 5 nitrogen and oxygen atoms in total. The van der Waals surface area contributed by atoms with Gasteiger partial charge in [-0.2, -0.15) is 0 Å². The lowest BCUT2D eigenvalue weighted by molar-refractivity contribution is -0.128. The van der Waals surface area contributed by atoms with E-state index >= 15 is 0 Å². The number of carbonyl (C=O) groups excluding carboxylic acids is 2. The van der Waals surface area contributed by atoms with Crippen LogP contribution in [0.1, 0.15) is 26.2 Å². The van der Waals surface area contributed by atoms with Crippen molar-refractivity contribution in [2.24, 2.45) is 17.1 Å². The molecule has 1 saturated carbocycles. The number of nitrogens with one attached hydrogen (secondary N) is 2. The second-order valence-electron chi connectivity index (χ2n) is 5.00. The van der Waals surface area contributed by atoms with E-state index in [1.54, 1.807) is 6.92 Å². The first kappa shape index (κ1) is 11.4. The zero-order chi connectivity index (χ0) is 11.8. The van der Waals surface area contributed by atoms with Crippen LogP contribution in [-0.2, 0) is 9.59 Å². The van der Waals surface area contributed by atoms with Gasteiger partial charge in [-0.3, -0.25) is 9.59 Å². The molecule has 16 heavy (non-hydrogen) atoms. The van der Waals surface area contributed by atoms with Crippen LogP contribution >= 0.6 is 0 Å². The van der Waals surface area contributed by atoms with Crippen molar-refractivity contribution in [3.63, 3.8) is 0 Å². The van der Waals surface area contributed by atoms with Gasteiger partial charge in [-0.1, -0.05) is 0 Å². The Labute approximate surface area is 95.1 Å². The average Bonchev–Trinajstić information content (AvgIpc) is 2.93. The molecule has 5 heteroatoms. The fourth-order valence-corrected chi connectivity index (χ4v) is 2.58. The first-order valence-electron chi connectivity index (χ1n) is 5.85. The minimum absolute atomic E-state index is 0.00630. The van der Waals surface area contributed by atoms with Gasteiger partial charge in [0.05, 0.1) is 0 Å². The van der Waals surface area contributed by atoms with Crippen molar-refractivity contribution >= 4 is 11.8 Å². The van der Waals surface area contributed by atoms with Crippen molar-refractivity contribution in [2.45, 2.75) is 32.2 Å². The maximum absolute atomic E-state index is 11.9. The fraction of sp³-hybridized carbons (Fsp3) is 0.818. The summed E-state index contributed by atoms with van der Waals surface area (Å²) in [6, 6.07) is -0.563. The maximum atomic E-state index is 11.9. The monoisotopic (exact) mass is 225 g/mol. The van der Waals surface area contributed by atoms with Gasteiger partial charge in [-0.15, -0.1) is 0 Å². The third-order valence-electron chi connectivity index (χ3n) is 3.89. The molecule has 4 N–H and O–H groups in total. The van der Waals surface area contributed by atoms with Crippen LogP contribution in [-0.4, -0.2) is 30.9 Å². The van der Waals surface area contributed by atoms with E-state index in [0.29, 0.717) is 0 Å². The molecular weight excluding hydrogens is 206 g/mol. The summed E-state index contributed by atoms with van der Waals surface area (Å²) in [7, 11) is 0. The third-order valence-corrected chi connectivity index (χ3v) is 3.89. The summed E-state index contributed by atoms with van der Waals surface area (Å²) in [4.78, 5) is 22.7. The Morgan fingerprint density at radius 3 is 2.62 bits per heavy atom. The number of hydrogen-bond donors (Lipinski definition) is 3. The summed E-state index contributed by atoms with van der Waals surface area (Å²) in [6.45, 7) is 3.61. The highest BCUT2D eigenvalue weighted by atomic mass is 16.2. The van der Waals surface area contributed by atoms with Crippen LogP contribution < -0.4 is 16.4 Å². The Morgan fingerprint density at radius 1 is 1.44 bits per heavy atom. The van der Waals surface area contributed by atoms with Crippen LogP contribution in [0.4, 0.5) is 0 Å². The molecule has 2 atom stereocenters. The number of amides is 2. The van der Waals surface area contributed by atoms with Crippen LogP contribution in [0.15, 0.2) is 0 Å². The van der Waals surface area contributed by atoms with Gasteiger partial charge in [0.2, 0.25) is 11.8 Å². The second-order valence-corrected chi connectivity index (χ2v) is 5.00. The molecule has 2 aliphatic rings. The predicted molar refractivity (Wildman–Crippen MR) is 59.4 cm³/mol. The largest absolute Gasteiger partial charge is 0.368 e. The van der Waals surface area contributed by atoms with E-state index < -0.39 is 11.9 Å². The van der Waals surface area contributed by atoms with Crippen molar-refractivity contribution in [2.75, 3.05) is 13.1 Å². The first-order valence-corrected chi connectivity index (χ1v) is 5.85. The van der Waals surface area contributed by atoms with Crippen LogP contribution in [0.25, 0.3) is 0 Å². The smallest absolute Gasteiger partial charge is 0.239 e. The highest BCUT2D eigenvalue weighted by Crippen LogP contribution is 2.58. The summed E-state index contributed by atoms with van der Waals surface area (Å²) in [5, 5.41) is 5.97. The molecule has 1 spiro atoms. The normalized spacial score (nSPS) is 28.4. The maximum Gasteiger partial charge on any atom is 0.239 e. The summed E-state index contributed by atoms with van der Waals surface area (Å²) < 4.78 is 0. The summed E-state index contributed by atoms with van der Waals surface area (Å²) in [6.07, 6.45) is 3.10. The van der Waals surface area contributed by atoms with Gasteiger partial charge in [0.1, 0.15) is 6.04 Å². The zero-order valence-corrected chi connectivity index (χ0v) is 9.58. The summed E-state index contributed by atoms with van der Waals surface area (Å²) in [5.41, 5.74) is 5.33. The lowest BCUT2D eigenvalue weighted by atomic mass is 9.91. The molecule has 1 aliphatic heterocycles. The van der Waals surface area contributed by atoms with E-state index in [0.717, 1.165) is 32.4 Å². The van der Waals surface area contributed by atoms with Crippen molar-refractivity contribution in [1.82, 2.24) is 10.6 Å². The second kappa shape index (κ2) is 4.05. The summed E-state index contributed by atoms with van der Waals surface area (Å²) in [5.74, 6) is -0.391. The Kier molecular flexibility index (Phi) is 2.88. The Morgan fingerprint density at radius 2 is 2.06 bits per heavy atom. The lowest BCUT2D eigenvalue weighted by Gasteiger charge is -2.23. The van der Waals surface area contributed by atoms with E-state index in [1.165, 1.54) is 0 Å². The quantitative estimate of drug-likeness (QED) is 0.597. The number of hydrogen-bond acceptors (Lipinski definition) is 3. The van der Waals surface area contributed by atoms with E-state index in [2.05, 4.69) is 10.6 Å². The Bertz CT molecular complexity index is 310. The molecule has 1 saturated heterocycles.